The molecule has 0 bridgehead atoms. The molecule has 2 rings (SSSR count). The van der Waals surface area contributed by atoms with Crippen LogP contribution in [0, 0.1) is 0 Å². The van der Waals surface area contributed by atoms with Crippen molar-refractivity contribution in [2.45, 2.75) is 5.60 Å². The summed E-state index contributed by atoms with van der Waals surface area (Å²) >= 11 is 0. The van der Waals surface area contributed by atoms with Gasteiger partial charge >= 0.3 is 0 Å². The minimum atomic E-state index is -1.28. The van der Waals surface area contributed by atoms with E-state index in [-0.39, 0.29) is 6.61 Å². The average molecular weight is 288 g/mol. The number of hydrogen-bond donors (Lipinski definition) is 1. The maximum Gasteiger partial charge on any atom is 0.141 e. The van der Waals surface area contributed by atoms with Crippen LogP contribution in [0.4, 0.5) is 0 Å². The van der Waals surface area contributed by atoms with E-state index in [1.54, 1.807) is 39.5 Å². The van der Waals surface area contributed by atoms with E-state index < -0.39 is 5.60 Å². The molecule has 0 aliphatic carbocycles. The first-order valence-corrected chi connectivity index (χ1v) is 6.65. The van der Waals surface area contributed by atoms with Gasteiger partial charge in [0.05, 0.1) is 20.8 Å². The molecule has 0 amide bonds. The molecular weight excluding hydrogens is 268 g/mol. The van der Waals surface area contributed by atoms with Gasteiger partial charge in [-0.25, -0.2) is 0 Å². The predicted molar refractivity (Wildman–Crippen MR) is 80.9 cm³/mol. The molecule has 2 aromatic carbocycles. The van der Waals surface area contributed by atoms with Gasteiger partial charge < -0.3 is 19.3 Å². The van der Waals surface area contributed by atoms with Crippen molar-refractivity contribution in [1.82, 2.24) is 0 Å². The second-order valence-corrected chi connectivity index (χ2v) is 4.73. The van der Waals surface area contributed by atoms with E-state index in [0.717, 1.165) is 5.56 Å². The SMILES string of the molecule is COCC(O)(c1ccccc1)c1ccc(OC)cc1OC. The fraction of sp³-hybridized carbons (Fsp3) is 0.294. The number of methoxy groups -OCH3 is 3. The fourth-order valence-electron chi connectivity index (χ4n) is 2.38. The molecule has 0 fully saturated rings. The van der Waals surface area contributed by atoms with Gasteiger partial charge in [-0.2, -0.15) is 0 Å². The molecule has 0 aliphatic heterocycles. The summed E-state index contributed by atoms with van der Waals surface area (Å²) in [5.74, 6) is 1.22. The lowest BCUT2D eigenvalue weighted by Crippen LogP contribution is -2.33. The zero-order chi connectivity index (χ0) is 15.3. The lowest BCUT2D eigenvalue weighted by atomic mass is 9.86. The van der Waals surface area contributed by atoms with Gasteiger partial charge in [0, 0.05) is 18.7 Å². The molecule has 0 aromatic heterocycles. The van der Waals surface area contributed by atoms with Gasteiger partial charge in [0.15, 0.2) is 0 Å². The van der Waals surface area contributed by atoms with Crippen LogP contribution in [0.3, 0.4) is 0 Å². The van der Waals surface area contributed by atoms with E-state index in [9.17, 15) is 5.11 Å². The van der Waals surface area contributed by atoms with Gasteiger partial charge in [0.2, 0.25) is 0 Å². The minimum absolute atomic E-state index is 0.125. The summed E-state index contributed by atoms with van der Waals surface area (Å²) in [7, 11) is 4.72. The van der Waals surface area contributed by atoms with Crippen molar-refractivity contribution in [1.29, 1.82) is 0 Å². The van der Waals surface area contributed by atoms with Gasteiger partial charge in [-0.05, 0) is 17.7 Å². The molecule has 1 atom stereocenters. The van der Waals surface area contributed by atoms with Crippen molar-refractivity contribution < 1.29 is 19.3 Å². The number of benzene rings is 2. The van der Waals surface area contributed by atoms with Crippen LogP contribution in [0.15, 0.2) is 48.5 Å². The molecule has 2 aromatic rings. The van der Waals surface area contributed by atoms with Crippen molar-refractivity contribution in [2.75, 3.05) is 27.9 Å². The Morgan fingerprint density at radius 3 is 2.24 bits per heavy atom. The Kier molecular flexibility index (Phi) is 4.83. The highest BCUT2D eigenvalue weighted by Gasteiger charge is 2.34. The summed E-state index contributed by atoms with van der Waals surface area (Å²) in [6.45, 7) is 0.125. The third-order valence-corrected chi connectivity index (χ3v) is 3.46. The van der Waals surface area contributed by atoms with Gasteiger partial charge in [-0.3, -0.25) is 0 Å². The summed E-state index contributed by atoms with van der Waals surface area (Å²) in [5.41, 5.74) is 0.0994. The molecule has 0 aliphatic rings. The van der Waals surface area contributed by atoms with Crippen LogP contribution in [0.1, 0.15) is 11.1 Å². The Morgan fingerprint density at radius 1 is 0.952 bits per heavy atom. The molecule has 1 N–H and O–H groups in total. The topological polar surface area (TPSA) is 47.9 Å². The number of rotatable bonds is 6. The van der Waals surface area contributed by atoms with E-state index >= 15 is 0 Å². The number of hydrogen-bond acceptors (Lipinski definition) is 4. The van der Waals surface area contributed by atoms with E-state index in [2.05, 4.69) is 0 Å². The molecule has 4 nitrogen and oxygen atoms in total. The second-order valence-electron chi connectivity index (χ2n) is 4.73. The highest BCUT2D eigenvalue weighted by Crippen LogP contribution is 2.37. The molecule has 0 saturated carbocycles. The monoisotopic (exact) mass is 288 g/mol. The van der Waals surface area contributed by atoms with Crippen LogP contribution in [0.25, 0.3) is 0 Å². The van der Waals surface area contributed by atoms with Crippen LogP contribution in [-0.2, 0) is 10.3 Å². The highest BCUT2D eigenvalue weighted by molar-refractivity contribution is 5.48. The Hall–Kier alpha value is -2.04. The van der Waals surface area contributed by atoms with Crippen molar-refractivity contribution >= 4 is 0 Å². The Balaban J connectivity index is 2.57. The zero-order valence-electron chi connectivity index (χ0n) is 12.5. The van der Waals surface area contributed by atoms with E-state index in [1.165, 1.54) is 0 Å². The molecule has 0 spiro atoms. The number of ether oxygens (including phenoxy) is 3. The smallest absolute Gasteiger partial charge is 0.141 e. The quantitative estimate of drug-likeness (QED) is 0.887. The Morgan fingerprint density at radius 2 is 1.67 bits per heavy atom. The van der Waals surface area contributed by atoms with Crippen LogP contribution >= 0.6 is 0 Å². The number of aliphatic hydroxyl groups is 1. The first kappa shape index (κ1) is 15.4. The summed E-state index contributed by atoms with van der Waals surface area (Å²) in [4.78, 5) is 0. The van der Waals surface area contributed by atoms with Gasteiger partial charge in [-0.15, -0.1) is 0 Å². The second kappa shape index (κ2) is 6.61. The van der Waals surface area contributed by atoms with Crippen LogP contribution < -0.4 is 9.47 Å². The van der Waals surface area contributed by atoms with E-state index in [1.807, 2.05) is 30.3 Å². The molecular formula is C17H20O4. The van der Waals surface area contributed by atoms with E-state index in [0.29, 0.717) is 17.1 Å². The van der Waals surface area contributed by atoms with Crippen molar-refractivity contribution in [3.05, 3.63) is 59.7 Å². The lowest BCUT2D eigenvalue weighted by Gasteiger charge is -2.30. The predicted octanol–water partition coefficient (Wildman–Crippen LogP) is 2.59. The molecule has 0 saturated heterocycles. The Labute approximate surface area is 124 Å². The maximum atomic E-state index is 11.2. The fourth-order valence-corrected chi connectivity index (χ4v) is 2.38. The largest absolute Gasteiger partial charge is 0.497 e. The standard InChI is InChI=1S/C17H20O4/c1-19-12-17(18,13-7-5-4-6-8-13)15-10-9-14(20-2)11-16(15)21-3/h4-11,18H,12H2,1-3H3. The third kappa shape index (κ3) is 3.01. The summed E-state index contributed by atoms with van der Waals surface area (Å²) in [6, 6.07) is 14.7. The third-order valence-electron chi connectivity index (χ3n) is 3.46. The summed E-state index contributed by atoms with van der Waals surface area (Å²) < 4.78 is 15.8. The molecule has 1 unspecified atom stereocenters. The molecule has 21 heavy (non-hydrogen) atoms. The summed E-state index contributed by atoms with van der Waals surface area (Å²) in [5, 5.41) is 11.2. The van der Waals surface area contributed by atoms with E-state index in [4.69, 9.17) is 14.2 Å². The lowest BCUT2D eigenvalue weighted by molar-refractivity contribution is -0.00481. The highest BCUT2D eigenvalue weighted by atomic mass is 16.5. The molecule has 4 heteroatoms. The first-order chi connectivity index (χ1) is 10.2. The van der Waals surface area contributed by atoms with Crippen molar-refractivity contribution in [3.8, 4) is 11.5 Å². The first-order valence-electron chi connectivity index (χ1n) is 6.65. The van der Waals surface area contributed by atoms with Gasteiger partial charge in [-0.1, -0.05) is 30.3 Å². The zero-order valence-corrected chi connectivity index (χ0v) is 12.5. The molecule has 0 heterocycles. The van der Waals surface area contributed by atoms with Crippen molar-refractivity contribution in [2.24, 2.45) is 0 Å². The normalized spacial score (nSPS) is 13.5. The van der Waals surface area contributed by atoms with Crippen LogP contribution in [0.5, 0.6) is 11.5 Å². The molecule has 112 valence electrons. The average Bonchev–Trinajstić information content (AvgIpc) is 2.55. The minimum Gasteiger partial charge on any atom is -0.497 e. The van der Waals surface area contributed by atoms with Gasteiger partial charge in [0.1, 0.15) is 17.1 Å². The molecule has 0 radical (unpaired) electrons. The Bertz CT molecular complexity index is 583. The van der Waals surface area contributed by atoms with Gasteiger partial charge in [0.25, 0.3) is 0 Å². The maximum absolute atomic E-state index is 11.2. The summed E-state index contributed by atoms with van der Waals surface area (Å²) in [6.07, 6.45) is 0. The van der Waals surface area contributed by atoms with Crippen LogP contribution in [-0.4, -0.2) is 33.0 Å². The van der Waals surface area contributed by atoms with Crippen LogP contribution in [0.2, 0.25) is 0 Å². The van der Waals surface area contributed by atoms with Crippen molar-refractivity contribution in [3.63, 3.8) is 0 Å².